The van der Waals surface area contributed by atoms with E-state index < -0.39 is 11.9 Å². The van der Waals surface area contributed by atoms with Crippen molar-refractivity contribution in [3.63, 3.8) is 0 Å². The summed E-state index contributed by atoms with van der Waals surface area (Å²) in [6.45, 7) is 6.10. The predicted octanol–water partition coefficient (Wildman–Crippen LogP) is 5.49. The number of hydrogen-bond acceptors (Lipinski definition) is 7. The van der Waals surface area contributed by atoms with E-state index in [0.29, 0.717) is 46.1 Å². The Hall–Kier alpha value is -4.65. The van der Waals surface area contributed by atoms with E-state index in [1.165, 1.54) is 7.11 Å². The van der Waals surface area contributed by atoms with E-state index in [4.69, 9.17) is 18.9 Å². The van der Waals surface area contributed by atoms with Gasteiger partial charge in [-0.1, -0.05) is 36.9 Å². The SMILES string of the molecule is C=C(C)COc1ccccc1[C@@H]1CC(=O)Oc2ccc3c(c21)O/C(=C\c1ccc(C(=O)OC)cc1)C3=O. The monoisotopic (exact) mass is 496 g/mol. The van der Waals surface area contributed by atoms with E-state index in [0.717, 1.165) is 11.1 Å². The molecule has 0 bridgehead atoms. The van der Waals surface area contributed by atoms with Crippen molar-refractivity contribution in [2.45, 2.75) is 19.3 Å². The number of benzene rings is 3. The average molecular weight is 497 g/mol. The van der Waals surface area contributed by atoms with Gasteiger partial charge in [0.25, 0.3) is 0 Å². The largest absolute Gasteiger partial charge is 0.489 e. The van der Waals surface area contributed by atoms with Crippen molar-refractivity contribution in [2.24, 2.45) is 0 Å². The fraction of sp³-hybridized carbons (Fsp3) is 0.167. The number of hydrogen-bond donors (Lipinski definition) is 0. The van der Waals surface area contributed by atoms with Crippen LogP contribution in [0, 0.1) is 0 Å². The van der Waals surface area contributed by atoms with Crippen molar-refractivity contribution >= 4 is 23.8 Å². The molecule has 0 radical (unpaired) electrons. The fourth-order valence-corrected chi connectivity index (χ4v) is 4.46. The summed E-state index contributed by atoms with van der Waals surface area (Å²) in [6, 6.07) is 17.4. The van der Waals surface area contributed by atoms with Gasteiger partial charge in [-0.05, 0) is 54.5 Å². The van der Waals surface area contributed by atoms with Gasteiger partial charge in [0.2, 0.25) is 5.78 Å². The molecule has 3 aromatic rings. The molecule has 0 amide bonds. The number of rotatable bonds is 6. The van der Waals surface area contributed by atoms with Crippen LogP contribution in [0.15, 0.2) is 78.6 Å². The molecule has 5 rings (SSSR count). The maximum atomic E-state index is 13.3. The zero-order valence-electron chi connectivity index (χ0n) is 20.4. The molecule has 3 aromatic carbocycles. The highest BCUT2D eigenvalue weighted by Gasteiger charge is 2.39. The van der Waals surface area contributed by atoms with Gasteiger partial charge in [-0.25, -0.2) is 4.79 Å². The number of para-hydroxylation sites is 1. The summed E-state index contributed by atoms with van der Waals surface area (Å²) >= 11 is 0. The Morgan fingerprint density at radius 1 is 1.05 bits per heavy atom. The highest BCUT2D eigenvalue weighted by Crippen LogP contribution is 2.50. The third kappa shape index (κ3) is 4.63. The van der Waals surface area contributed by atoms with Crippen LogP contribution in [-0.2, 0) is 9.53 Å². The van der Waals surface area contributed by atoms with Gasteiger partial charge in [-0.2, -0.15) is 0 Å². The maximum absolute atomic E-state index is 13.3. The van der Waals surface area contributed by atoms with E-state index in [2.05, 4.69) is 6.58 Å². The second-order valence-corrected chi connectivity index (χ2v) is 8.92. The van der Waals surface area contributed by atoms with Crippen LogP contribution in [0.1, 0.15) is 56.7 Å². The summed E-state index contributed by atoms with van der Waals surface area (Å²) in [7, 11) is 1.32. The van der Waals surface area contributed by atoms with Gasteiger partial charge in [-0.3, -0.25) is 9.59 Å². The Labute approximate surface area is 213 Å². The third-order valence-electron chi connectivity index (χ3n) is 6.18. The van der Waals surface area contributed by atoms with Gasteiger partial charge in [0.15, 0.2) is 5.76 Å². The number of ketones is 1. The molecule has 0 aromatic heterocycles. The van der Waals surface area contributed by atoms with Crippen LogP contribution in [0.4, 0.5) is 0 Å². The van der Waals surface area contributed by atoms with Crippen molar-refractivity contribution in [3.8, 4) is 17.2 Å². The van der Waals surface area contributed by atoms with Gasteiger partial charge >= 0.3 is 11.9 Å². The van der Waals surface area contributed by atoms with Gasteiger partial charge in [-0.15, -0.1) is 0 Å². The minimum atomic E-state index is -0.445. The summed E-state index contributed by atoms with van der Waals surface area (Å²) in [4.78, 5) is 37.5. The Morgan fingerprint density at radius 2 is 1.81 bits per heavy atom. The third-order valence-corrected chi connectivity index (χ3v) is 6.18. The molecule has 2 aliphatic rings. The van der Waals surface area contributed by atoms with E-state index in [1.807, 2.05) is 31.2 Å². The lowest BCUT2D eigenvalue weighted by molar-refractivity contribution is -0.135. The van der Waals surface area contributed by atoms with Crippen LogP contribution in [0.2, 0.25) is 0 Å². The maximum Gasteiger partial charge on any atom is 0.337 e. The molecule has 0 aliphatic carbocycles. The first kappa shape index (κ1) is 24.1. The predicted molar refractivity (Wildman–Crippen MR) is 136 cm³/mol. The molecule has 2 aliphatic heterocycles. The van der Waals surface area contributed by atoms with E-state index in [-0.39, 0.29) is 23.9 Å². The number of carbonyl (C=O) groups excluding carboxylic acids is 3. The zero-order chi connectivity index (χ0) is 26.1. The standard InChI is InChI=1S/C30H24O7/c1-17(2)16-35-23-7-5-4-6-20(23)22-15-26(31)36-24-13-12-21-28(32)25(37-29(21)27(22)24)14-18-8-10-19(11-9-18)30(33)34-3/h4-14,22H,1,15-16H2,2-3H3/b25-14-/t22-/m0/s1. The number of esters is 2. The van der Waals surface area contributed by atoms with Gasteiger partial charge in [0.1, 0.15) is 23.9 Å². The van der Waals surface area contributed by atoms with E-state index in [1.54, 1.807) is 42.5 Å². The van der Waals surface area contributed by atoms with Crippen molar-refractivity contribution < 1.29 is 33.3 Å². The highest BCUT2D eigenvalue weighted by molar-refractivity contribution is 6.15. The Balaban J connectivity index is 1.54. The number of fused-ring (bicyclic) bond motifs is 3. The molecular formula is C30H24O7. The number of carbonyl (C=O) groups is 3. The van der Waals surface area contributed by atoms with Crippen LogP contribution in [0.5, 0.6) is 17.2 Å². The summed E-state index contributed by atoms with van der Waals surface area (Å²) in [6.07, 6.45) is 1.69. The number of Topliss-reactive ketones (excluding diaryl/α,β-unsaturated/α-hetero) is 1. The van der Waals surface area contributed by atoms with Gasteiger partial charge in [0.05, 0.1) is 24.7 Å². The van der Waals surface area contributed by atoms with Crippen LogP contribution in [0.3, 0.4) is 0 Å². The quantitative estimate of drug-likeness (QED) is 0.193. The zero-order valence-corrected chi connectivity index (χ0v) is 20.4. The number of methoxy groups -OCH3 is 1. The van der Waals surface area contributed by atoms with Crippen LogP contribution in [-0.4, -0.2) is 31.4 Å². The Morgan fingerprint density at radius 3 is 2.54 bits per heavy atom. The van der Waals surface area contributed by atoms with Crippen molar-refractivity contribution in [1.29, 1.82) is 0 Å². The molecule has 186 valence electrons. The molecule has 7 nitrogen and oxygen atoms in total. The topological polar surface area (TPSA) is 88.1 Å². The number of ether oxygens (including phenoxy) is 4. The summed E-state index contributed by atoms with van der Waals surface area (Å²) < 4.78 is 22.4. The van der Waals surface area contributed by atoms with E-state index >= 15 is 0 Å². The summed E-state index contributed by atoms with van der Waals surface area (Å²) in [5.74, 6) is -0.0525. The molecule has 0 saturated heterocycles. The Kier molecular flexibility index (Phi) is 6.36. The number of allylic oxidation sites excluding steroid dienone is 1. The second-order valence-electron chi connectivity index (χ2n) is 8.92. The molecule has 7 heteroatoms. The van der Waals surface area contributed by atoms with Gasteiger partial charge < -0.3 is 18.9 Å². The minimum Gasteiger partial charge on any atom is -0.489 e. The first-order valence-electron chi connectivity index (χ1n) is 11.7. The molecule has 2 heterocycles. The Bertz CT molecular complexity index is 1460. The van der Waals surface area contributed by atoms with E-state index in [9.17, 15) is 14.4 Å². The lowest BCUT2D eigenvalue weighted by atomic mass is 9.84. The highest BCUT2D eigenvalue weighted by atomic mass is 16.5. The molecule has 0 spiro atoms. The fourth-order valence-electron chi connectivity index (χ4n) is 4.46. The summed E-state index contributed by atoms with van der Waals surface area (Å²) in [5, 5.41) is 0. The molecule has 0 N–H and O–H groups in total. The normalized spacial score (nSPS) is 16.9. The van der Waals surface area contributed by atoms with Gasteiger partial charge in [0, 0.05) is 17.0 Å². The minimum absolute atomic E-state index is 0.0719. The molecule has 37 heavy (non-hydrogen) atoms. The lowest BCUT2D eigenvalue weighted by Crippen LogP contribution is -2.22. The van der Waals surface area contributed by atoms with Crippen LogP contribution < -0.4 is 14.2 Å². The molecule has 1 atom stereocenters. The average Bonchev–Trinajstić information content (AvgIpc) is 3.21. The first-order valence-corrected chi connectivity index (χ1v) is 11.7. The van der Waals surface area contributed by atoms with Crippen LogP contribution >= 0.6 is 0 Å². The first-order chi connectivity index (χ1) is 17.9. The molecule has 0 unspecified atom stereocenters. The smallest absolute Gasteiger partial charge is 0.337 e. The molecule has 0 fully saturated rings. The summed E-state index contributed by atoms with van der Waals surface area (Å²) in [5.41, 5.74) is 3.75. The van der Waals surface area contributed by atoms with Crippen molar-refractivity contribution in [1.82, 2.24) is 0 Å². The van der Waals surface area contributed by atoms with Crippen LogP contribution in [0.25, 0.3) is 6.08 Å². The van der Waals surface area contributed by atoms with Crippen molar-refractivity contribution in [2.75, 3.05) is 13.7 Å². The van der Waals surface area contributed by atoms with Crippen molar-refractivity contribution in [3.05, 3.63) is 106 Å². The molecular weight excluding hydrogens is 472 g/mol. The second kappa shape index (κ2) is 9.78. The lowest BCUT2D eigenvalue weighted by Gasteiger charge is -2.27. The molecule has 0 saturated carbocycles.